The number of hydrogen-bond donors (Lipinski definition) is 1. The van der Waals surface area contributed by atoms with E-state index in [1.165, 1.54) is 23.9 Å². The molecule has 8 nitrogen and oxygen atoms in total. The zero-order chi connectivity index (χ0) is 22.0. The van der Waals surface area contributed by atoms with Crippen molar-refractivity contribution in [3.8, 4) is 0 Å². The summed E-state index contributed by atoms with van der Waals surface area (Å²) in [5.41, 5.74) is 1.90. The Bertz CT molecular complexity index is 1100. The van der Waals surface area contributed by atoms with Crippen molar-refractivity contribution in [2.45, 2.75) is 77.9 Å². The molecule has 168 valence electrons. The first kappa shape index (κ1) is 21.6. The van der Waals surface area contributed by atoms with Crippen molar-refractivity contribution in [1.29, 1.82) is 0 Å². The Kier molecular flexibility index (Phi) is 6.46. The van der Waals surface area contributed by atoms with E-state index in [9.17, 15) is 9.59 Å². The molecule has 1 N–H and O–H groups in total. The molecule has 0 saturated carbocycles. The molecule has 8 heteroatoms. The van der Waals surface area contributed by atoms with Crippen molar-refractivity contribution < 1.29 is 9.21 Å². The lowest BCUT2D eigenvalue weighted by Gasteiger charge is -2.39. The van der Waals surface area contributed by atoms with E-state index in [0.717, 1.165) is 24.3 Å². The van der Waals surface area contributed by atoms with E-state index in [-0.39, 0.29) is 11.5 Å². The Hall–Kier alpha value is -2.61. The number of rotatable bonds is 8. The summed E-state index contributed by atoms with van der Waals surface area (Å²) in [6.07, 6.45) is 7.39. The maximum Gasteiger partial charge on any atom is 0.291 e. The number of carbonyl (C=O) groups is 1. The molecular weight excluding hydrogens is 394 g/mol. The van der Waals surface area contributed by atoms with Gasteiger partial charge in [-0.1, -0.05) is 6.42 Å². The molecule has 3 aromatic heterocycles. The standard InChI is InChI=1S/C23H33N5O3/c1-16-7-4-8-17(2)26(16)12-6-11-24-22(29)9-5-13-27-23(30)20-15-21-19(10-14-31-21)28(20)18(3)25-27/h10,14-17H,4-9,11-13H2,1-3H3,(H,24,29)/t16-,17-/m0/s1. The van der Waals surface area contributed by atoms with Gasteiger partial charge in [-0.05, 0) is 46.5 Å². The monoisotopic (exact) mass is 427 g/mol. The third kappa shape index (κ3) is 4.54. The van der Waals surface area contributed by atoms with Crippen LogP contribution in [0.2, 0.25) is 0 Å². The van der Waals surface area contributed by atoms with Gasteiger partial charge in [-0.25, -0.2) is 4.68 Å². The second-order valence-electron chi connectivity index (χ2n) is 8.78. The summed E-state index contributed by atoms with van der Waals surface area (Å²) >= 11 is 0. The third-order valence-corrected chi connectivity index (χ3v) is 6.53. The van der Waals surface area contributed by atoms with Crippen molar-refractivity contribution in [2.75, 3.05) is 13.1 Å². The van der Waals surface area contributed by atoms with Crippen LogP contribution in [0.15, 0.2) is 27.6 Å². The van der Waals surface area contributed by atoms with Crippen molar-refractivity contribution in [1.82, 2.24) is 24.4 Å². The normalized spacial score (nSPS) is 20.0. The molecule has 1 aliphatic heterocycles. The van der Waals surface area contributed by atoms with Gasteiger partial charge in [-0.2, -0.15) is 5.10 Å². The number of hydrogen-bond acceptors (Lipinski definition) is 5. The summed E-state index contributed by atoms with van der Waals surface area (Å²) in [4.78, 5) is 27.5. The lowest BCUT2D eigenvalue weighted by atomic mass is 9.97. The van der Waals surface area contributed by atoms with Gasteiger partial charge < -0.3 is 9.73 Å². The van der Waals surface area contributed by atoms with E-state index < -0.39 is 0 Å². The van der Waals surface area contributed by atoms with E-state index in [1.54, 1.807) is 12.3 Å². The lowest BCUT2D eigenvalue weighted by Crippen LogP contribution is -2.44. The van der Waals surface area contributed by atoms with E-state index >= 15 is 0 Å². The minimum Gasteiger partial charge on any atom is -0.463 e. The molecule has 0 aliphatic carbocycles. The fourth-order valence-electron chi connectivity index (χ4n) is 4.86. The molecule has 1 amide bonds. The third-order valence-electron chi connectivity index (χ3n) is 6.53. The molecule has 0 aromatic carbocycles. The molecule has 2 atom stereocenters. The molecule has 0 radical (unpaired) electrons. The first-order chi connectivity index (χ1) is 15.0. The first-order valence-electron chi connectivity index (χ1n) is 11.4. The van der Waals surface area contributed by atoms with Crippen LogP contribution in [0.3, 0.4) is 0 Å². The van der Waals surface area contributed by atoms with Crippen molar-refractivity contribution in [2.24, 2.45) is 0 Å². The van der Waals surface area contributed by atoms with Gasteiger partial charge in [0.15, 0.2) is 5.58 Å². The average Bonchev–Trinajstić information content (AvgIpc) is 3.32. The number of aromatic nitrogens is 3. The Morgan fingerprint density at radius 2 is 1.97 bits per heavy atom. The van der Waals surface area contributed by atoms with Gasteiger partial charge in [0.2, 0.25) is 5.91 Å². The molecule has 31 heavy (non-hydrogen) atoms. The van der Waals surface area contributed by atoms with Crippen LogP contribution in [0.4, 0.5) is 0 Å². The van der Waals surface area contributed by atoms with Crippen LogP contribution in [-0.2, 0) is 11.3 Å². The Balaban J connectivity index is 1.24. The summed E-state index contributed by atoms with van der Waals surface area (Å²) in [6, 6.07) is 4.85. The fraction of sp³-hybridized carbons (Fsp3) is 0.609. The van der Waals surface area contributed by atoms with Gasteiger partial charge in [0, 0.05) is 50.3 Å². The van der Waals surface area contributed by atoms with Crippen LogP contribution in [0.1, 0.15) is 58.2 Å². The molecule has 0 spiro atoms. The predicted octanol–water partition coefficient (Wildman–Crippen LogP) is 3.10. The van der Waals surface area contributed by atoms with Gasteiger partial charge in [-0.15, -0.1) is 0 Å². The van der Waals surface area contributed by atoms with Crippen LogP contribution in [0, 0.1) is 6.92 Å². The number of furan rings is 1. The Morgan fingerprint density at radius 1 is 1.19 bits per heavy atom. The SMILES string of the molecule is Cc1nn(CCCC(=O)NCCCN2[C@@H](C)CCC[C@@H]2C)c(=O)c2cc3occc3n12. The molecule has 4 heterocycles. The summed E-state index contributed by atoms with van der Waals surface area (Å²) in [5.74, 6) is 0.752. The summed E-state index contributed by atoms with van der Waals surface area (Å²) < 4.78 is 8.68. The molecular formula is C23H33N5O3. The highest BCUT2D eigenvalue weighted by molar-refractivity contribution is 5.82. The highest BCUT2D eigenvalue weighted by Gasteiger charge is 2.23. The molecule has 0 bridgehead atoms. The Labute approximate surface area is 182 Å². The van der Waals surface area contributed by atoms with E-state index in [4.69, 9.17) is 4.42 Å². The summed E-state index contributed by atoms with van der Waals surface area (Å²) in [5, 5.41) is 7.45. The Morgan fingerprint density at radius 3 is 2.74 bits per heavy atom. The van der Waals surface area contributed by atoms with Crippen LogP contribution in [0.5, 0.6) is 0 Å². The van der Waals surface area contributed by atoms with E-state index in [1.807, 2.05) is 17.4 Å². The van der Waals surface area contributed by atoms with Crippen LogP contribution in [-0.4, -0.2) is 50.2 Å². The molecule has 0 unspecified atom stereocenters. The van der Waals surface area contributed by atoms with Gasteiger partial charge in [-0.3, -0.25) is 18.9 Å². The molecule has 1 aliphatic rings. The largest absolute Gasteiger partial charge is 0.463 e. The average molecular weight is 428 g/mol. The topological polar surface area (TPSA) is 84.8 Å². The minimum atomic E-state index is -0.165. The van der Waals surface area contributed by atoms with Gasteiger partial charge in [0.05, 0.1) is 11.8 Å². The van der Waals surface area contributed by atoms with Crippen LogP contribution in [0.25, 0.3) is 16.6 Å². The summed E-state index contributed by atoms with van der Waals surface area (Å²) in [6.45, 7) is 8.61. The number of likely N-dealkylation sites (tertiary alicyclic amines) is 1. The van der Waals surface area contributed by atoms with Crippen LogP contribution >= 0.6 is 0 Å². The van der Waals surface area contributed by atoms with Crippen molar-refractivity contribution >= 4 is 22.5 Å². The van der Waals surface area contributed by atoms with E-state index in [0.29, 0.717) is 49.1 Å². The van der Waals surface area contributed by atoms with Crippen molar-refractivity contribution in [3.63, 3.8) is 0 Å². The van der Waals surface area contributed by atoms with Crippen LogP contribution < -0.4 is 10.9 Å². The number of fused-ring (bicyclic) bond motifs is 3. The van der Waals surface area contributed by atoms with Gasteiger partial charge in [0.1, 0.15) is 11.3 Å². The van der Waals surface area contributed by atoms with Gasteiger partial charge in [0.25, 0.3) is 5.56 Å². The fourth-order valence-corrected chi connectivity index (χ4v) is 4.86. The number of amides is 1. The lowest BCUT2D eigenvalue weighted by molar-refractivity contribution is -0.121. The highest BCUT2D eigenvalue weighted by atomic mass is 16.3. The van der Waals surface area contributed by atoms with Gasteiger partial charge >= 0.3 is 0 Å². The van der Waals surface area contributed by atoms with Crippen molar-refractivity contribution in [3.05, 3.63) is 34.6 Å². The molecule has 1 fully saturated rings. The van der Waals surface area contributed by atoms with E-state index in [2.05, 4.69) is 29.2 Å². The number of carbonyl (C=O) groups excluding carboxylic acids is 1. The maximum absolute atomic E-state index is 12.8. The predicted molar refractivity (Wildman–Crippen MR) is 120 cm³/mol. The quantitative estimate of drug-likeness (QED) is 0.559. The zero-order valence-corrected chi connectivity index (χ0v) is 18.8. The second-order valence-corrected chi connectivity index (χ2v) is 8.78. The maximum atomic E-state index is 12.8. The second kappa shape index (κ2) is 9.26. The molecule has 3 aromatic rings. The zero-order valence-electron chi connectivity index (χ0n) is 18.8. The molecule has 4 rings (SSSR count). The number of aryl methyl sites for hydroxylation is 2. The summed E-state index contributed by atoms with van der Waals surface area (Å²) in [7, 11) is 0. The number of nitrogens with zero attached hydrogens (tertiary/aromatic N) is 4. The number of nitrogens with one attached hydrogen (secondary N) is 1. The number of piperidine rings is 1. The minimum absolute atomic E-state index is 0.0331. The first-order valence-corrected chi connectivity index (χ1v) is 11.4. The highest BCUT2D eigenvalue weighted by Crippen LogP contribution is 2.22. The molecule has 1 saturated heterocycles. The smallest absolute Gasteiger partial charge is 0.291 e.